The van der Waals surface area contributed by atoms with Crippen molar-refractivity contribution in [3.63, 3.8) is 0 Å². The molecule has 4 rings (SSSR count). The summed E-state index contributed by atoms with van der Waals surface area (Å²) in [6.45, 7) is 6.34. The second-order valence-electron chi connectivity index (χ2n) is 6.47. The van der Waals surface area contributed by atoms with E-state index in [-0.39, 0.29) is 0 Å². The molecule has 2 aliphatic rings. The van der Waals surface area contributed by atoms with Gasteiger partial charge >= 0.3 is 0 Å². The van der Waals surface area contributed by atoms with Crippen LogP contribution in [0.5, 0.6) is 0 Å². The number of pyridine rings is 1. The molecule has 1 spiro atoms. The molecule has 0 aliphatic carbocycles. The molecule has 6 heteroatoms. The predicted octanol–water partition coefficient (Wildman–Crippen LogP) is 2.02. The fourth-order valence-electron chi connectivity index (χ4n) is 3.61. The van der Waals surface area contributed by atoms with Crippen LogP contribution in [0.15, 0.2) is 22.9 Å². The van der Waals surface area contributed by atoms with Crippen LogP contribution in [-0.2, 0) is 0 Å². The van der Waals surface area contributed by atoms with Crippen LogP contribution < -0.4 is 10.2 Å². The summed E-state index contributed by atoms with van der Waals surface area (Å²) >= 11 is 0. The Morgan fingerprint density at radius 2 is 2.09 bits per heavy atom. The van der Waals surface area contributed by atoms with Crippen LogP contribution in [0.2, 0.25) is 0 Å². The summed E-state index contributed by atoms with van der Waals surface area (Å²) in [7, 11) is 0. The van der Waals surface area contributed by atoms with Crippen LogP contribution in [0.1, 0.15) is 25.1 Å². The lowest BCUT2D eigenvalue weighted by atomic mass is 9.78. The van der Waals surface area contributed by atoms with E-state index in [1.807, 2.05) is 19.2 Å². The maximum atomic E-state index is 5.18. The standard InChI is InChI=1S/C16H21N5O/c1-12-19-15(22-20-12)13-2-3-14(18-10-13)21-9-6-16(11-21)4-7-17-8-5-16/h2-3,10,17H,4-9,11H2,1H3. The maximum absolute atomic E-state index is 5.18. The van der Waals surface area contributed by atoms with Crippen LogP contribution in [0, 0.1) is 12.3 Å². The molecule has 0 unspecified atom stereocenters. The van der Waals surface area contributed by atoms with Gasteiger partial charge in [-0.05, 0) is 56.8 Å². The Morgan fingerprint density at radius 1 is 1.23 bits per heavy atom. The average Bonchev–Trinajstić information content (AvgIpc) is 3.16. The molecule has 0 radical (unpaired) electrons. The quantitative estimate of drug-likeness (QED) is 0.915. The van der Waals surface area contributed by atoms with Gasteiger partial charge in [-0.25, -0.2) is 4.98 Å². The zero-order valence-corrected chi connectivity index (χ0v) is 12.9. The van der Waals surface area contributed by atoms with Crippen molar-refractivity contribution in [1.82, 2.24) is 20.4 Å². The number of aryl methyl sites for hydroxylation is 1. The molecule has 0 saturated carbocycles. The van der Waals surface area contributed by atoms with Crippen molar-refractivity contribution >= 4 is 5.82 Å². The number of rotatable bonds is 2. The van der Waals surface area contributed by atoms with Gasteiger partial charge in [-0.2, -0.15) is 4.98 Å². The van der Waals surface area contributed by atoms with E-state index in [1.165, 1.54) is 19.3 Å². The van der Waals surface area contributed by atoms with Crippen molar-refractivity contribution < 1.29 is 4.52 Å². The molecule has 0 aromatic carbocycles. The van der Waals surface area contributed by atoms with Crippen molar-refractivity contribution in [3.05, 3.63) is 24.2 Å². The van der Waals surface area contributed by atoms with Crippen LogP contribution >= 0.6 is 0 Å². The van der Waals surface area contributed by atoms with Crippen molar-refractivity contribution in [2.45, 2.75) is 26.2 Å². The van der Waals surface area contributed by atoms with Gasteiger partial charge in [0.2, 0.25) is 0 Å². The summed E-state index contributed by atoms with van der Waals surface area (Å²) in [5.74, 6) is 2.23. The number of piperidine rings is 1. The molecular formula is C16H21N5O. The van der Waals surface area contributed by atoms with Crippen LogP contribution in [0.3, 0.4) is 0 Å². The fraction of sp³-hybridized carbons (Fsp3) is 0.562. The summed E-state index contributed by atoms with van der Waals surface area (Å²) in [5.41, 5.74) is 1.37. The molecule has 0 bridgehead atoms. The fourth-order valence-corrected chi connectivity index (χ4v) is 3.61. The molecule has 0 amide bonds. The first kappa shape index (κ1) is 13.7. The molecule has 116 valence electrons. The highest BCUT2D eigenvalue weighted by Crippen LogP contribution is 2.40. The highest BCUT2D eigenvalue weighted by molar-refractivity contribution is 5.55. The lowest BCUT2D eigenvalue weighted by Gasteiger charge is -2.33. The van der Waals surface area contributed by atoms with E-state index in [0.717, 1.165) is 37.6 Å². The van der Waals surface area contributed by atoms with Gasteiger partial charge in [0.15, 0.2) is 5.82 Å². The van der Waals surface area contributed by atoms with Crippen LogP contribution in [-0.4, -0.2) is 41.3 Å². The molecule has 4 heterocycles. The second kappa shape index (κ2) is 5.35. The first-order valence-electron chi connectivity index (χ1n) is 7.97. The number of aromatic nitrogens is 3. The van der Waals surface area contributed by atoms with E-state index in [1.54, 1.807) is 0 Å². The Labute approximate surface area is 129 Å². The molecular weight excluding hydrogens is 278 g/mol. The van der Waals surface area contributed by atoms with Crippen LogP contribution in [0.4, 0.5) is 5.82 Å². The lowest BCUT2D eigenvalue weighted by molar-refractivity contribution is 0.232. The van der Waals surface area contributed by atoms with Gasteiger partial charge in [0.05, 0.1) is 5.56 Å². The summed E-state index contributed by atoms with van der Waals surface area (Å²) in [6.07, 6.45) is 5.67. The van der Waals surface area contributed by atoms with Crippen molar-refractivity contribution in [1.29, 1.82) is 0 Å². The topological polar surface area (TPSA) is 67.1 Å². The minimum absolute atomic E-state index is 0.495. The average molecular weight is 299 g/mol. The molecule has 0 atom stereocenters. The number of nitrogens with one attached hydrogen (secondary N) is 1. The van der Waals surface area contributed by atoms with Gasteiger partial charge in [-0.1, -0.05) is 5.16 Å². The molecule has 6 nitrogen and oxygen atoms in total. The third-order valence-electron chi connectivity index (χ3n) is 4.95. The van der Waals surface area contributed by atoms with E-state index >= 15 is 0 Å². The Kier molecular flexibility index (Phi) is 3.33. The van der Waals surface area contributed by atoms with E-state index in [9.17, 15) is 0 Å². The monoisotopic (exact) mass is 299 g/mol. The van der Waals surface area contributed by atoms with Gasteiger partial charge in [0.25, 0.3) is 5.89 Å². The van der Waals surface area contributed by atoms with E-state index in [2.05, 4.69) is 31.4 Å². The van der Waals surface area contributed by atoms with Crippen molar-refractivity contribution in [2.24, 2.45) is 5.41 Å². The zero-order chi connectivity index (χ0) is 15.0. The minimum atomic E-state index is 0.495. The second-order valence-corrected chi connectivity index (χ2v) is 6.47. The van der Waals surface area contributed by atoms with Gasteiger partial charge in [0.1, 0.15) is 5.82 Å². The SMILES string of the molecule is Cc1noc(-c2ccc(N3CCC4(CCNCC4)C3)nc2)n1. The molecule has 2 aromatic rings. The highest BCUT2D eigenvalue weighted by atomic mass is 16.5. The lowest BCUT2D eigenvalue weighted by Crippen LogP contribution is -2.38. The first-order chi connectivity index (χ1) is 10.7. The van der Waals surface area contributed by atoms with Gasteiger partial charge in [0, 0.05) is 19.3 Å². The molecule has 2 aliphatic heterocycles. The molecule has 22 heavy (non-hydrogen) atoms. The Bertz CT molecular complexity index is 645. The summed E-state index contributed by atoms with van der Waals surface area (Å²) in [5, 5.41) is 7.28. The Morgan fingerprint density at radius 3 is 2.77 bits per heavy atom. The highest BCUT2D eigenvalue weighted by Gasteiger charge is 2.39. The predicted molar refractivity (Wildman–Crippen MR) is 83.6 cm³/mol. The zero-order valence-electron chi connectivity index (χ0n) is 12.9. The Balaban J connectivity index is 1.49. The summed E-state index contributed by atoms with van der Waals surface area (Å²) in [4.78, 5) is 11.3. The molecule has 2 saturated heterocycles. The first-order valence-corrected chi connectivity index (χ1v) is 7.97. The third kappa shape index (κ3) is 2.47. The Hall–Kier alpha value is -1.95. The summed E-state index contributed by atoms with van der Waals surface area (Å²) < 4.78 is 5.18. The molecule has 2 fully saturated rings. The minimum Gasteiger partial charge on any atom is -0.356 e. The normalized spacial score (nSPS) is 20.7. The smallest absolute Gasteiger partial charge is 0.259 e. The number of anilines is 1. The third-order valence-corrected chi connectivity index (χ3v) is 4.95. The largest absolute Gasteiger partial charge is 0.356 e. The van der Waals surface area contributed by atoms with Gasteiger partial charge in [-0.3, -0.25) is 0 Å². The van der Waals surface area contributed by atoms with Crippen molar-refractivity contribution in [3.8, 4) is 11.5 Å². The number of hydrogen-bond donors (Lipinski definition) is 1. The number of hydrogen-bond acceptors (Lipinski definition) is 6. The van der Waals surface area contributed by atoms with Crippen LogP contribution in [0.25, 0.3) is 11.5 Å². The number of nitrogens with zero attached hydrogens (tertiary/aromatic N) is 4. The van der Waals surface area contributed by atoms with E-state index < -0.39 is 0 Å². The van der Waals surface area contributed by atoms with Gasteiger partial charge in [-0.15, -0.1) is 0 Å². The molecule has 1 N–H and O–H groups in total. The maximum Gasteiger partial charge on any atom is 0.259 e. The summed E-state index contributed by atoms with van der Waals surface area (Å²) in [6, 6.07) is 4.08. The van der Waals surface area contributed by atoms with E-state index in [0.29, 0.717) is 17.1 Å². The van der Waals surface area contributed by atoms with Crippen molar-refractivity contribution in [2.75, 3.05) is 31.1 Å². The molecule has 2 aromatic heterocycles. The van der Waals surface area contributed by atoms with Gasteiger partial charge < -0.3 is 14.7 Å². The van der Waals surface area contributed by atoms with E-state index in [4.69, 9.17) is 4.52 Å².